The number of aromatic nitrogens is 4. The molecule has 2 aliphatic heterocycles. The molecule has 242 valence electrons. The van der Waals surface area contributed by atoms with Crippen LogP contribution in [0.3, 0.4) is 0 Å². The van der Waals surface area contributed by atoms with E-state index in [-0.39, 0.29) is 41.4 Å². The van der Waals surface area contributed by atoms with Crippen molar-refractivity contribution < 1.29 is 42.1 Å². The molecular formula is C18H27FN12O9P2S2. The van der Waals surface area contributed by atoms with Crippen LogP contribution in [0.4, 0.5) is 39.2 Å². The first kappa shape index (κ1) is 34.1. The van der Waals surface area contributed by atoms with Gasteiger partial charge in [0.2, 0.25) is 5.95 Å². The van der Waals surface area contributed by atoms with Gasteiger partial charge in [-0.05, 0) is 36.5 Å². The monoisotopic (exact) mass is 700 g/mol. The standard InChI is InChI=1S/C18H27FN12O9P2S2/c19-9-12(7(4-36-41(33,34)43)39-17(9)27-14-10(30-22)13(20)24-5-25-14)40-42(35,44)37-3-6-1-2-8(38-6)26-15-11(31-23)16(32)29-18(21)28-15/h5-9,12,17,22-23H,1-4H2,(H,35,44)(H2,33,34,43)(H3,20,24,25,27)(H4,21,26,28,29,32)/t6-,7+,8+,9-,12+,17+,42?/m0/s1. The van der Waals surface area contributed by atoms with Crippen LogP contribution in [0.5, 0.6) is 0 Å². The maximum absolute atomic E-state index is 15.6. The molecule has 4 heterocycles. The summed E-state index contributed by atoms with van der Waals surface area (Å²) in [6.07, 6.45) is -6.21. The molecule has 0 radical (unpaired) electrons. The van der Waals surface area contributed by atoms with E-state index in [2.05, 4.69) is 52.6 Å². The zero-order valence-electron chi connectivity index (χ0n) is 22.1. The van der Waals surface area contributed by atoms with E-state index in [1.807, 2.05) is 0 Å². The van der Waals surface area contributed by atoms with Gasteiger partial charge in [0.25, 0.3) is 5.56 Å². The summed E-state index contributed by atoms with van der Waals surface area (Å²) in [5.74, 6) is -0.595. The van der Waals surface area contributed by atoms with Crippen molar-refractivity contribution >= 4 is 71.8 Å². The Balaban J connectivity index is 1.39. The minimum absolute atomic E-state index is 0.0699. The number of alkyl halides is 1. The molecule has 0 saturated carbocycles. The number of rotatable bonds is 14. The predicted molar refractivity (Wildman–Crippen MR) is 156 cm³/mol. The van der Waals surface area contributed by atoms with Gasteiger partial charge in [0.15, 0.2) is 41.2 Å². The van der Waals surface area contributed by atoms with Crippen molar-refractivity contribution in [2.75, 3.05) is 35.3 Å². The molecule has 44 heavy (non-hydrogen) atoms. The van der Waals surface area contributed by atoms with Crippen LogP contribution >= 0.6 is 13.4 Å². The number of nitrogens with two attached hydrogens (primary N) is 2. The molecule has 0 amide bonds. The Labute approximate surface area is 256 Å². The number of halogens is 1. The highest BCUT2D eigenvalue weighted by Crippen LogP contribution is 2.49. The van der Waals surface area contributed by atoms with E-state index < -0.39 is 62.5 Å². The predicted octanol–water partition coefficient (Wildman–Crippen LogP) is 0.986. The third-order valence-corrected chi connectivity index (χ3v) is 8.41. The lowest BCUT2D eigenvalue weighted by Crippen LogP contribution is -2.36. The van der Waals surface area contributed by atoms with Gasteiger partial charge in [0.1, 0.15) is 24.8 Å². The second kappa shape index (κ2) is 14.1. The number of hydrogen-bond donors (Lipinski definition) is 10. The fourth-order valence-corrected chi connectivity index (χ4v) is 6.12. The summed E-state index contributed by atoms with van der Waals surface area (Å²) in [5.41, 5.74) is 24.5. The van der Waals surface area contributed by atoms with Crippen molar-refractivity contribution in [2.24, 2.45) is 10.2 Å². The van der Waals surface area contributed by atoms with Gasteiger partial charge in [0, 0.05) is 0 Å². The quantitative estimate of drug-likeness (QED) is 0.0969. The number of ether oxygens (including phenoxy) is 2. The Kier molecular flexibility index (Phi) is 11.0. The van der Waals surface area contributed by atoms with Crippen molar-refractivity contribution in [1.29, 1.82) is 11.1 Å². The summed E-state index contributed by atoms with van der Waals surface area (Å²) in [6.45, 7) is -9.35. The molecule has 26 heteroatoms. The highest BCUT2D eigenvalue weighted by Gasteiger charge is 2.49. The Morgan fingerprint density at radius 1 is 1.09 bits per heavy atom. The van der Waals surface area contributed by atoms with Gasteiger partial charge in [-0.1, -0.05) is 0 Å². The molecule has 2 aromatic heterocycles. The number of anilines is 4. The normalized spacial score (nSPS) is 26.6. The molecule has 4 rings (SSSR count). The molecule has 0 aliphatic carbocycles. The smallest absolute Gasteiger partial charge is 0.325 e. The first-order chi connectivity index (χ1) is 20.7. The molecule has 1 unspecified atom stereocenters. The SMILES string of the molecule is N=Nc1c(N)ncnc1N[C@@H]1O[C@H](COP(O)(O)=S)[C@@H](OP(O)(=S)OC[C@@H]2CC[C@H](Nc3nc(N)[nH]c(=O)c3N=N)O2)[C@@H]1F. The van der Waals surface area contributed by atoms with E-state index in [1.165, 1.54) is 0 Å². The minimum atomic E-state index is -4.20. The summed E-state index contributed by atoms with van der Waals surface area (Å²) in [7, 11) is 0. The number of nitrogens with zero attached hydrogens (tertiary/aromatic N) is 5. The van der Waals surface area contributed by atoms with E-state index in [0.29, 0.717) is 12.8 Å². The van der Waals surface area contributed by atoms with Crippen molar-refractivity contribution in [2.45, 2.75) is 49.8 Å². The van der Waals surface area contributed by atoms with Gasteiger partial charge in [-0.15, -0.1) is 5.11 Å². The second-order valence-corrected chi connectivity index (χ2v) is 14.6. The maximum atomic E-state index is 15.6. The largest absolute Gasteiger partial charge is 0.382 e. The maximum Gasteiger partial charge on any atom is 0.325 e. The fourth-order valence-electron chi connectivity index (χ4n) is 4.14. The van der Waals surface area contributed by atoms with Crippen molar-refractivity contribution in [3.63, 3.8) is 0 Å². The summed E-state index contributed by atoms with van der Waals surface area (Å²) in [5, 5.41) is 11.7. The lowest BCUT2D eigenvalue weighted by molar-refractivity contribution is -0.0140. The van der Waals surface area contributed by atoms with E-state index >= 15 is 4.39 Å². The number of nitrogen functional groups attached to an aromatic ring is 2. The summed E-state index contributed by atoms with van der Waals surface area (Å²) in [6, 6.07) is 0. The topological polar surface area (TPSA) is 327 Å². The third kappa shape index (κ3) is 8.71. The lowest BCUT2D eigenvalue weighted by Gasteiger charge is -2.25. The second-order valence-electron chi connectivity index (χ2n) is 9.10. The molecular weight excluding hydrogens is 673 g/mol. The Morgan fingerprint density at radius 3 is 2.50 bits per heavy atom. The first-order valence-corrected chi connectivity index (χ1v) is 17.5. The molecule has 2 saturated heterocycles. The number of H-pyrrole nitrogens is 1. The highest BCUT2D eigenvalue weighted by molar-refractivity contribution is 8.07. The first-order valence-electron chi connectivity index (χ1n) is 12.3. The van der Waals surface area contributed by atoms with Gasteiger partial charge >= 0.3 is 13.4 Å². The van der Waals surface area contributed by atoms with Crippen LogP contribution in [0.25, 0.3) is 0 Å². The van der Waals surface area contributed by atoms with Crippen LogP contribution < -0.4 is 27.7 Å². The van der Waals surface area contributed by atoms with E-state index in [9.17, 15) is 19.5 Å². The summed E-state index contributed by atoms with van der Waals surface area (Å²) < 4.78 is 42.7. The van der Waals surface area contributed by atoms with Gasteiger partial charge in [-0.2, -0.15) is 10.1 Å². The van der Waals surface area contributed by atoms with Crippen LogP contribution in [0.2, 0.25) is 0 Å². The van der Waals surface area contributed by atoms with Gasteiger partial charge < -0.3 is 55.3 Å². The zero-order chi connectivity index (χ0) is 32.2. The van der Waals surface area contributed by atoms with E-state index in [4.69, 9.17) is 57.4 Å². The van der Waals surface area contributed by atoms with Gasteiger partial charge in [0.05, 0.1) is 19.3 Å². The molecule has 21 nitrogen and oxygen atoms in total. The lowest BCUT2D eigenvalue weighted by atomic mass is 10.1. The van der Waals surface area contributed by atoms with Gasteiger partial charge in [-0.25, -0.2) is 25.4 Å². The number of aromatic amines is 1. The van der Waals surface area contributed by atoms with Crippen LogP contribution in [0, 0.1) is 11.1 Å². The van der Waals surface area contributed by atoms with Gasteiger partial charge in [-0.3, -0.25) is 14.3 Å². The summed E-state index contributed by atoms with van der Waals surface area (Å²) in [4.78, 5) is 55.4. The molecule has 2 aromatic rings. The van der Waals surface area contributed by atoms with Crippen molar-refractivity contribution in [1.82, 2.24) is 19.9 Å². The molecule has 0 aromatic carbocycles. The fraction of sp³-hybridized carbons (Fsp3) is 0.556. The van der Waals surface area contributed by atoms with E-state index in [1.54, 1.807) is 0 Å². The molecule has 12 N–H and O–H groups in total. The third-order valence-electron chi connectivity index (χ3n) is 6.05. The van der Waals surface area contributed by atoms with E-state index in [0.717, 1.165) is 6.33 Å². The molecule has 2 aliphatic rings. The Morgan fingerprint density at radius 2 is 1.82 bits per heavy atom. The number of nitrogens with one attached hydrogen (secondary N) is 5. The van der Waals surface area contributed by atoms with Crippen LogP contribution in [-0.4, -0.2) is 84.8 Å². The summed E-state index contributed by atoms with van der Waals surface area (Å²) >= 11 is 9.52. The average Bonchev–Trinajstić information content (AvgIpc) is 3.50. The van der Waals surface area contributed by atoms with Crippen LogP contribution in [0.1, 0.15) is 12.8 Å². The van der Waals surface area contributed by atoms with Crippen LogP contribution in [-0.2, 0) is 46.7 Å². The molecule has 7 atom stereocenters. The van der Waals surface area contributed by atoms with Crippen molar-refractivity contribution in [3.8, 4) is 0 Å². The zero-order valence-corrected chi connectivity index (χ0v) is 25.6. The molecule has 0 spiro atoms. The number of hydrogen-bond acceptors (Lipinski definition) is 19. The molecule has 2 fully saturated rings. The van der Waals surface area contributed by atoms with Crippen molar-refractivity contribution in [3.05, 3.63) is 16.7 Å². The molecule has 0 bridgehead atoms. The highest BCUT2D eigenvalue weighted by atomic mass is 32.5. The van der Waals surface area contributed by atoms with Crippen LogP contribution in [0.15, 0.2) is 21.4 Å². The minimum Gasteiger partial charge on any atom is -0.382 e. The Hall–Kier alpha value is -2.73. The Bertz CT molecular complexity index is 1540. The average molecular weight is 701 g/mol.